The number of carboxylic acid groups (broad SMARTS) is 1. The van der Waals surface area contributed by atoms with Gasteiger partial charge in [0.15, 0.2) is 0 Å². The predicted octanol–water partition coefficient (Wildman–Crippen LogP) is 2.31. The fraction of sp³-hybridized carbons (Fsp3) is 0.882. The molecule has 1 rings (SSSR count). The lowest BCUT2D eigenvalue weighted by Gasteiger charge is -2.37. The van der Waals surface area contributed by atoms with Crippen LogP contribution in [0.3, 0.4) is 0 Å². The first-order chi connectivity index (χ1) is 10.0. The molecule has 1 unspecified atom stereocenters. The summed E-state index contributed by atoms with van der Waals surface area (Å²) >= 11 is 0. The quantitative estimate of drug-likeness (QED) is 0.791. The lowest BCUT2D eigenvalue weighted by molar-refractivity contribution is -0.156. The van der Waals surface area contributed by atoms with Gasteiger partial charge in [-0.25, -0.2) is 0 Å². The lowest BCUT2D eigenvalue weighted by Crippen LogP contribution is -2.49. The van der Waals surface area contributed by atoms with Gasteiger partial charge in [-0.1, -0.05) is 20.8 Å². The van der Waals surface area contributed by atoms with Gasteiger partial charge in [0, 0.05) is 25.7 Å². The molecule has 1 N–H and O–H groups in total. The van der Waals surface area contributed by atoms with Crippen LogP contribution in [0.1, 0.15) is 47.5 Å². The topological polar surface area (TPSA) is 60.9 Å². The average molecular weight is 312 g/mol. The van der Waals surface area contributed by atoms with Crippen LogP contribution in [0.25, 0.3) is 0 Å². The summed E-state index contributed by atoms with van der Waals surface area (Å²) in [6.45, 7) is 12.2. The Bertz CT molecular complexity index is 393. The third-order valence-corrected chi connectivity index (χ3v) is 4.71. The van der Waals surface area contributed by atoms with E-state index in [0.717, 1.165) is 19.4 Å². The summed E-state index contributed by atoms with van der Waals surface area (Å²) in [5.74, 6) is -1.61. The Morgan fingerprint density at radius 2 is 1.73 bits per heavy atom. The Morgan fingerprint density at radius 3 is 2.09 bits per heavy atom. The standard InChI is InChI=1S/C17H32N2O3/c1-12(2)18(6)11-13-7-9-19(10-8-13)15(20)14(16(21)22)17(3,4)5/h12-14H,7-11H2,1-6H3,(H,21,22). The van der Waals surface area contributed by atoms with Crippen molar-refractivity contribution in [1.29, 1.82) is 0 Å². The van der Waals surface area contributed by atoms with Crippen LogP contribution in [0.2, 0.25) is 0 Å². The molecule has 0 bridgehead atoms. The van der Waals surface area contributed by atoms with Crippen molar-refractivity contribution in [3.05, 3.63) is 0 Å². The molecule has 1 heterocycles. The van der Waals surface area contributed by atoms with Crippen molar-refractivity contribution in [2.24, 2.45) is 17.3 Å². The van der Waals surface area contributed by atoms with Crippen LogP contribution in [-0.2, 0) is 9.59 Å². The van der Waals surface area contributed by atoms with Crippen LogP contribution in [0, 0.1) is 17.3 Å². The van der Waals surface area contributed by atoms with E-state index in [1.54, 1.807) is 4.90 Å². The molecule has 0 aromatic heterocycles. The van der Waals surface area contributed by atoms with Gasteiger partial charge in [-0.15, -0.1) is 0 Å². The average Bonchev–Trinajstić information content (AvgIpc) is 2.37. The van der Waals surface area contributed by atoms with Gasteiger partial charge in [0.2, 0.25) is 5.91 Å². The minimum absolute atomic E-state index is 0.226. The first-order valence-corrected chi connectivity index (χ1v) is 8.26. The first-order valence-electron chi connectivity index (χ1n) is 8.26. The molecule has 5 nitrogen and oxygen atoms in total. The van der Waals surface area contributed by atoms with E-state index in [1.165, 1.54) is 0 Å². The Morgan fingerprint density at radius 1 is 1.23 bits per heavy atom. The minimum Gasteiger partial charge on any atom is -0.481 e. The number of piperidine rings is 1. The molecule has 1 aliphatic heterocycles. The smallest absolute Gasteiger partial charge is 0.316 e. The number of amides is 1. The third kappa shape index (κ3) is 4.97. The van der Waals surface area contributed by atoms with Crippen molar-refractivity contribution in [2.75, 3.05) is 26.7 Å². The van der Waals surface area contributed by atoms with Gasteiger partial charge < -0.3 is 14.9 Å². The molecule has 1 saturated heterocycles. The summed E-state index contributed by atoms with van der Waals surface area (Å²) in [6.07, 6.45) is 1.92. The summed E-state index contributed by atoms with van der Waals surface area (Å²) in [5.41, 5.74) is -0.558. The van der Waals surface area contributed by atoms with Crippen LogP contribution in [0.4, 0.5) is 0 Å². The third-order valence-electron chi connectivity index (χ3n) is 4.71. The molecule has 0 aromatic rings. The molecule has 5 heteroatoms. The molecular weight excluding hydrogens is 280 g/mol. The molecule has 0 saturated carbocycles. The van der Waals surface area contributed by atoms with E-state index >= 15 is 0 Å². The molecular formula is C17H32N2O3. The van der Waals surface area contributed by atoms with Crippen LogP contribution in [-0.4, -0.2) is 59.5 Å². The molecule has 1 aliphatic rings. The fourth-order valence-electron chi connectivity index (χ4n) is 2.98. The molecule has 1 amide bonds. The summed E-state index contributed by atoms with van der Waals surface area (Å²) < 4.78 is 0. The monoisotopic (exact) mass is 312 g/mol. The number of nitrogens with zero attached hydrogens (tertiary/aromatic N) is 2. The normalized spacial score (nSPS) is 18.8. The van der Waals surface area contributed by atoms with E-state index in [9.17, 15) is 14.7 Å². The number of carboxylic acids is 1. The van der Waals surface area contributed by atoms with Crippen molar-refractivity contribution < 1.29 is 14.7 Å². The Kier molecular flexibility index (Phi) is 6.41. The molecule has 0 radical (unpaired) electrons. The van der Waals surface area contributed by atoms with Gasteiger partial charge in [0.05, 0.1) is 0 Å². The molecule has 0 aliphatic carbocycles. The summed E-state index contributed by atoms with van der Waals surface area (Å²) in [6, 6.07) is 0.525. The molecule has 128 valence electrons. The number of hydrogen-bond acceptors (Lipinski definition) is 3. The number of carbonyl (C=O) groups excluding carboxylic acids is 1. The van der Waals surface area contributed by atoms with Gasteiger partial charge in [0.25, 0.3) is 0 Å². The van der Waals surface area contributed by atoms with Gasteiger partial charge in [0.1, 0.15) is 5.92 Å². The highest BCUT2D eigenvalue weighted by Gasteiger charge is 2.40. The van der Waals surface area contributed by atoms with Crippen molar-refractivity contribution in [3.63, 3.8) is 0 Å². The van der Waals surface area contributed by atoms with Crippen molar-refractivity contribution in [1.82, 2.24) is 9.80 Å². The molecule has 0 spiro atoms. The first kappa shape index (κ1) is 18.9. The zero-order valence-electron chi connectivity index (χ0n) is 14.9. The van der Waals surface area contributed by atoms with Gasteiger partial charge in [-0.2, -0.15) is 0 Å². The number of carbonyl (C=O) groups is 2. The number of rotatable bonds is 5. The Labute approximate surface area is 134 Å². The van der Waals surface area contributed by atoms with E-state index in [2.05, 4.69) is 25.8 Å². The Hall–Kier alpha value is -1.10. The van der Waals surface area contributed by atoms with Crippen LogP contribution >= 0.6 is 0 Å². The van der Waals surface area contributed by atoms with Crippen molar-refractivity contribution in [3.8, 4) is 0 Å². The lowest BCUT2D eigenvalue weighted by atomic mass is 9.79. The van der Waals surface area contributed by atoms with Crippen molar-refractivity contribution in [2.45, 2.75) is 53.5 Å². The molecule has 0 aromatic carbocycles. The van der Waals surface area contributed by atoms with Gasteiger partial charge >= 0.3 is 5.97 Å². The second kappa shape index (κ2) is 7.44. The maximum Gasteiger partial charge on any atom is 0.316 e. The summed E-state index contributed by atoms with van der Waals surface area (Å²) in [4.78, 5) is 28.1. The number of hydrogen-bond donors (Lipinski definition) is 1. The highest BCUT2D eigenvalue weighted by Crippen LogP contribution is 2.30. The molecule has 22 heavy (non-hydrogen) atoms. The summed E-state index contributed by atoms with van der Waals surface area (Å²) in [5, 5.41) is 9.39. The van der Waals surface area contributed by atoms with Crippen molar-refractivity contribution >= 4 is 11.9 Å². The van der Waals surface area contributed by atoms with Gasteiger partial charge in [-0.05, 0) is 45.1 Å². The highest BCUT2D eigenvalue weighted by molar-refractivity contribution is 5.97. The SMILES string of the molecule is CC(C)N(C)CC1CCN(C(=O)C(C(=O)O)C(C)(C)C)CC1. The maximum atomic E-state index is 12.6. The second-order valence-corrected chi connectivity index (χ2v) is 7.94. The van der Waals surface area contributed by atoms with Crippen LogP contribution < -0.4 is 0 Å². The summed E-state index contributed by atoms with van der Waals surface area (Å²) in [7, 11) is 2.13. The maximum absolute atomic E-state index is 12.6. The van der Waals surface area contributed by atoms with E-state index in [1.807, 2.05) is 20.8 Å². The zero-order chi connectivity index (χ0) is 17.1. The van der Waals surface area contributed by atoms with E-state index in [0.29, 0.717) is 25.0 Å². The van der Waals surface area contributed by atoms with Crippen LogP contribution in [0.5, 0.6) is 0 Å². The van der Waals surface area contributed by atoms with E-state index < -0.39 is 17.3 Å². The second-order valence-electron chi connectivity index (χ2n) is 7.94. The molecule has 1 atom stereocenters. The number of aliphatic carboxylic acids is 1. The predicted molar refractivity (Wildman–Crippen MR) is 87.7 cm³/mol. The molecule has 1 fully saturated rings. The largest absolute Gasteiger partial charge is 0.481 e. The fourth-order valence-corrected chi connectivity index (χ4v) is 2.98. The van der Waals surface area contributed by atoms with Gasteiger partial charge in [-0.3, -0.25) is 9.59 Å². The minimum atomic E-state index is -1.01. The van der Waals surface area contributed by atoms with Crippen LogP contribution in [0.15, 0.2) is 0 Å². The van der Waals surface area contributed by atoms with E-state index in [4.69, 9.17) is 0 Å². The highest BCUT2D eigenvalue weighted by atomic mass is 16.4. The number of likely N-dealkylation sites (tertiary alicyclic amines) is 1. The zero-order valence-corrected chi connectivity index (χ0v) is 14.9. The Balaban J connectivity index is 2.60. The van der Waals surface area contributed by atoms with E-state index in [-0.39, 0.29) is 5.91 Å².